The summed E-state index contributed by atoms with van der Waals surface area (Å²) in [5.41, 5.74) is 2.46. The number of benzene rings is 1. The zero-order valence-electron chi connectivity index (χ0n) is 11.5. The molecule has 18 heavy (non-hydrogen) atoms. The first kappa shape index (κ1) is 13.4. The Morgan fingerprint density at radius 3 is 2.50 bits per heavy atom. The molecule has 0 aromatic heterocycles. The van der Waals surface area contributed by atoms with Crippen LogP contribution in [-0.2, 0) is 4.74 Å². The Labute approximate surface area is 110 Å². The van der Waals surface area contributed by atoms with Crippen molar-refractivity contribution in [1.82, 2.24) is 0 Å². The number of quaternary nitrogens is 1. The average molecular weight is 250 g/mol. The summed E-state index contributed by atoms with van der Waals surface area (Å²) >= 11 is 0. The van der Waals surface area contributed by atoms with Gasteiger partial charge in [-0.25, -0.2) is 0 Å². The molecule has 0 aliphatic carbocycles. The summed E-state index contributed by atoms with van der Waals surface area (Å²) in [6.45, 7) is 10.3. The summed E-state index contributed by atoms with van der Waals surface area (Å²) in [6, 6.07) is 6.29. The van der Waals surface area contributed by atoms with Crippen molar-refractivity contribution in [3.63, 3.8) is 0 Å². The molecule has 1 aliphatic heterocycles. The minimum absolute atomic E-state index is 0.816. The highest BCUT2D eigenvalue weighted by atomic mass is 16.5. The van der Waals surface area contributed by atoms with Crippen LogP contribution in [0.5, 0.6) is 5.75 Å². The van der Waals surface area contributed by atoms with Gasteiger partial charge in [-0.1, -0.05) is 18.2 Å². The first-order chi connectivity index (χ1) is 8.77. The summed E-state index contributed by atoms with van der Waals surface area (Å²) in [7, 11) is 0. The molecule has 0 unspecified atom stereocenters. The van der Waals surface area contributed by atoms with Gasteiger partial charge < -0.3 is 14.4 Å². The Hall–Kier alpha value is -1.06. The predicted molar refractivity (Wildman–Crippen MR) is 72.4 cm³/mol. The third-order valence-corrected chi connectivity index (χ3v) is 3.53. The number of nitrogens with one attached hydrogen (secondary N) is 1. The van der Waals surface area contributed by atoms with Crippen LogP contribution in [0.3, 0.4) is 0 Å². The molecule has 1 aromatic carbocycles. The number of morpholine rings is 1. The van der Waals surface area contributed by atoms with E-state index in [-0.39, 0.29) is 0 Å². The van der Waals surface area contributed by atoms with E-state index < -0.39 is 0 Å². The summed E-state index contributed by atoms with van der Waals surface area (Å²) in [5, 5.41) is 0. The van der Waals surface area contributed by atoms with Crippen molar-refractivity contribution in [3.8, 4) is 5.75 Å². The SMILES string of the molecule is Cc1cccc(C)c1OCCC[NH+]1CCOCC1. The molecule has 1 heterocycles. The van der Waals surface area contributed by atoms with E-state index in [1.165, 1.54) is 17.7 Å². The molecule has 0 atom stereocenters. The number of aryl methyl sites for hydroxylation is 2. The molecule has 2 rings (SSSR count). The highest BCUT2D eigenvalue weighted by molar-refractivity contribution is 5.39. The van der Waals surface area contributed by atoms with E-state index in [0.717, 1.165) is 45.1 Å². The van der Waals surface area contributed by atoms with Gasteiger partial charge in [0.2, 0.25) is 0 Å². The molecule has 1 fully saturated rings. The van der Waals surface area contributed by atoms with Gasteiger partial charge >= 0.3 is 0 Å². The molecule has 1 aromatic rings. The fourth-order valence-corrected chi connectivity index (χ4v) is 2.43. The van der Waals surface area contributed by atoms with Gasteiger partial charge in [0.25, 0.3) is 0 Å². The predicted octanol–water partition coefficient (Wildman–Crippen LogP) is 0.987. The Balaban J connectivity index is 1.71. The van der Waals surface area contributed by atoms with E-state index >= 15 is 0 Å². The Morgan fingerprint density at radius 2 is 1.83 bits per heavy atom. The van der Waals surface area contributed by atoms with E-state index in [9.17, 15) is 0 Å². The zero-order chi connectivity index (χ0) is 12.8. The van der Waals surface area contributed by atoms with Crippen LogP contribution in [0, 0.1) is 13.8 Å². The Kier molecular flexibility index (Phi) is 5.02. The maximum atomic E-state index is 5.91. The van der Waals surface area contributed by atoms with Crippen molar-refractivity contribution in [1.29, 1.82) is 0 Å². The van der Waals surface area contributed by atoms with Gasteiger partial charge in [-0.05, 0) is 25.0 Å². The summed E-state index contributed by atoms with van der Waals surface area (Å²) < 4.78 is 11.3. The van der Waals surface area contributed by atoms with Crippen molar-refractivity contribution < 1.29 is 14.4 Å². The standard InChI is InChI=1S/C15H23NO2/c1-13-5-3-6-14(2)15(13)18-10-4-7-16-8-11-17-12-9-16/h3,5-6H,4,7-12H2,1-2H3/p+1. The summed E-state index contributed by atoms with van der Waals surface area (Å²) in [6.07, 6.45) is 1.11. The van der Waals surface area contributed by atoms with E-state index in [4.69, 9.17) is 9.47 Å². The number of hydrogen-bond donors (Lipinski definition) is 1. The van der Waals surface area contributed by atoms with Crippen LogP contribution < -0.4 is 9.64 Å². The fourth-order valence-electron chi connectivity index (χ4n) is 2.43. The van der Waals surface area contributed by atoms with Gasteiger partial charge in [0, 0.05) is 6.42 Å². The lowest BCUT2D eigenvalue weighted by molar-refractivity contribution is -0.908. The van der Waals surface area contributed by atoms with Crippen LogP contribution in [0.15, 0.2) is 18.2 Å². The maximum absolute atomic E-state index is 5.91. The zero-order valence-corrected chi connectivity index (χ0v) is 11.5. The molecule has 100 valence electrons. The van der Waals surface area contributed by atoms with Crippen molar-refractivity contribution in [2.24, 2.45) is 0 Å². The van der Waals surface area contributed by atoms with Crippen LogP contribution in [0.2, 0.25) is 0 Å². The van der Waals surface area contributed by atoms with E-state index in [1.54, 1.807) is 4.90 Å². The molecule has 3 nitrogen and oxygen atoms in total. The highest BCUT2D eigenvalue weighted by Crippen LogP contribution is 2.22. The van der Waals surface area contributed by atoms with Gasteiger partial charge in [0.05, 0.1) is 26.4 Å². The normalized spacial score (nSPS) is 16.8. The highest BCUT2D eigenvalue weighted by Gasteiger charge is 2.13. The van der Waals surface area contributed by atoms with Crippen LogP contribution >= 0.6 is 0 Å². The smallest absolute Gasteiger partial charge is 0.125 e. The van der Waals surface area contributed by atoms with Crippen LogP contribution in [0.4, 0.5) is 0 Å². The first-order valence-corrected chi connectivity index (χ1v) is 6.87. The Bertz CT molecular complexity index is 353. The Morgan fingerprint density at radius 1 is 1.17 bits per heavy atom. The van der Waals surface area contributed by atoms with Crippen molar-refractivity contribution in [2.45, 2.75) is 20.3 Å². The molecule has 0 spiro atoms. The van der Waals surface area contributed by atoms with Crippen LogP contribution in [0.1, 0.15) is 17.5 Å². The van der Waals surface area contributed by atoms with E-state index in [2.05, 4.69) is 32.0 Å². The lowest BCUT2D eigenvalue weighted by Gasteiger charge is -2.23. The van der Waals surface area contributed by atoms with Gasteiger partial charge in [-0.2, -0.15) is 0 Å². The third-order valence-electron chi connectivity index (χ3n) is 3.53. The summed E-state index contributed by atoms with van der Waals surface area (Å²) in [5.74, 6) is 1.06. The molecule has 3 heteroatoms. The van der Waals surface area contributed by atoms with Crippen molar-refractivity contribution in [2.75, 3.05) is 39.5 Å². The van der Waals surface area contributed by atoms with Crippen molar-refractivity contribution in [3.05, 3.63) is 29.3 Å². The molecular formula is C15H24NO2+. The minimum Gasteiger partial charge on any atom is -0.493 e. The van der Waals surface area contributed by atoms with Crippen molar-refractivity contribution >= 4 is 0 Å². The van der Waals surface area contributed by atoms with Crippen LogP contribution in [-0.4, -0.2) is 39.5 Å². The number of hydrogen-bond acceptors (Lipinski definition) is 2. The number of rotatable bonds is 5. The second-order valence-corrected chi connectivity index (χ2v) is 5.04. The quantitative estimate of drug-likeness (QED) is 0.788. The molecule has 1 N–H and O–H groups in total. The third kappa shape index (κ3) is 3.72. The molecule has 1 aliphatic rings. The van der Waals surface area contributed by atoms with Gasteiger partial charge in [0.15, 0.2) is 0 Å². The molecule has 0 saturated carbocycles. The second kappa shape index (κ2) is 6.76. The van der Waals surface area contributed by atoms with Gasteiger partial charge in [-0.3, -0.25) is 0 Å². The topological polar surface area (TPSA) is 22.9 Å². The fraction of sp³-hybridized carbons (Fsp3) is 0.600. The van der Waals surface area contributed by atoms with E-state index in [0.29, 0.717) is 0 Å². The summed E-state index contributed by atoms with van der Waals surface area (Å²) in [4.78, 5) is 1.64. The lowest BCUT2D eigenvalue weighted by atomic mass is 10.1. The monoisotopic (exact) mass is 250 g/mol. The lowest BCUT2D eigenvalue weighted by Crippen LogP contribution is -3.14. The number of para-hydroxylation sites is 1. The second-order valence-electron chi connectivity index (χ2n) is 5.04. The van der Waals surface area contributed by atoms with Crippen LogP contribution in [0.25, 0.3) is 0 Å². The minimum atomic E-state index is 0.816. The molecule has 0 radical (unpaired) electrons. The molecule has 0 bridgehead atoms. The first-order valence-electron chi connectivity index (χ1n) is 6.87. The molecule has 0 amide bonds. The molecular weight excluding hydrogens is 226 g/mol. The average Bonchev–Trinajstić information content (AvgIpc) is 2.38. The van der Waals surface area contributed by atoms with Gasteiger partial charge in [-0.15, -0.1) is 0 Å². The largest absolute Gasteiger partial charge is 0.493 e. The molecule has 1 saturated heterocycles. The number of ether oxygens (including phenoxy) is 2. The van der Waals surface area contributed by atoms with Gasteiger partial charge in [0.1, 0.15) is 18.8 Å². The maximum Gasteiger partial charge on any atom is 0.125 e. The van der Waals surface area contributed by atoms with E-state index in [1.807, 2.05) is 0 Å².